The van der Waals surface area contributed by atoms with Gasteiger partial charge >= 0.3 is 0 Å². The molecule has 246 valence electrons. The molecule has 0 spiro atoms. The Labute approximate surface area is 296 Å². The first-order chi connectivity index (χ1) is 25.0. The molecule has 6 nitrogen and oxygen atoms in total. The van der Waals surface area contributed by atoms with Crippen LogP contribution in [0.4, 0.5) is 0 Å². The Balaban J connectivity index is 1.07. The fourth-order valence-electron chi connectivity index (χ4n) is 7.47. The van der Waals surface area contributed by atoms with Crippen molar-refractivity contribution in [2.45, 2.75) is 32.1 Å². The lowest BCUT2D eigenvalue weighted by Crippen LogP contribution is -2.31. The van der Waals surface area contributed by atoms with E-state index in [0.29, 0.717) is 23.6 Å². The van der Waals surface area contributed by atoms with Crippen LogP contribution in [0.5, 0.6) is 0 Å². The summed E-state index contributed by atoms with van der Waals surface area (Å²) in [4.78, 5) is 0. The van der Waals surface area contributed by atoms with Crippen molar-refractivity contribution < 1.29 is 8.83 Å². The van der Waals surface area contributed by atoms with Crippen molar-refractivity contribution in [3.05, 3.63) is 179 Å². The van der Waals surface area contributed by atoms with Gasteiger partial charge in [0.15, 0.2) is 0 Å². The van der Waals surface area contributed by atoms with E-state index in [4.69, 9.17) is 8.83 Å². The van der Waals surface area contributed by atoms with Crippen LogP contribution in [0.25, 0.3) is 56.9 Å². The van der Waals surface area contributed by atoms with Crippen LogP contribution in [-0.2, 0) is 18.3 Å². The van der Waals surface area contributed by atoms with E-state index in [2.05, 4.69) is 119 Å². The van der Waals surface area contributed by atoms with Gasteiger partial charge in [0.2, 0.25) is 23.6 Å². The Bertz CT molecular complexity index is 2300. The maximum atomic E-state index is 6.08. The van der Waals surface area contributed by atoms with Crippen molar-refractivity contribution in [2.75, 3.05) is 0 Å². The Morgan fingerprint density at radius 3 is 1.14 bits per heavy atom. The van der Waals surface area contributed by atoms with Crippen molar-refractivity contribution in [1.29, 1.82) is 0 Å². The average molecular weight is 663 g/mol. The summed E-state index contributed by atoms with van der Waals surface area (Å²) in [5, 5.41) is 17.3. The van der Waals surface area contributed by atoms with E-state index < -0.39 is 0 Å². The molecule has 6 aromatic carbocycles. The third-order valence-electron chi connectivity index (χ3n) is 9.98. The molecule has 2 heterocycles. The van der Waals surface area contributed by atoms with Crippen molar-refractivity contribution in [3.63, 3.8) is 0 Å². The Hall–Kier alpha value is -6.40. The van der Waals surface area contributed by atoms with Crippen LogP contribution in [0.3, 0.4) is 0 Å². The molecule has 0 N–H and O–H groups in total. The third kappa shape index (κ3) is 5.65. The van der Waals surface area contributed by atoms with Crippen LogP contribution in [0.1, 0.15) is 33.4 Å². The third-order valence-corrected chi connectivity index (χ3v) is 9.98. The predicted octanol–water partition coefficient (Wildman–Crippen LogP) is 10.5. The van der Waals surface area contributed by atoms with E-state index in [1.807, 2.05) is 60.7 Å². The second-order valence-electron chi connectivity index (χ2n) is 13.5. The highest BCUT2D eigenvalue weighted by atomic mass is 16.4. The lowest BCUT2D eigenvalue weighted by atomic mass is 9.69. The molecule has 8 aromatic rings. The Morgan fingerprint density at radius 1 is 0.412 bits per heavy atom. The number of hydrogen-bond donors (Lipinski definition) is 0. The number of hydrogen-bond acceptors (Lipinski definition) is 6. The highest BCUT2D eigenvalue weighted by Crippen LogP contribution is 2.53. The minimum Gasteiger partial charge on any atom is -0.416 e. The summed E-state index contributed by atoms with van der Waals surface area (Å²) in [5.74, 6) is 2.05. The Kier molecular flexibility index (Phi) is 7.50. The van der Waals surface area contributed by atoms with Gasteiger partial charge in [-0.15, -0.1) is 20.4 Å². The van der Waals surface area contributed by atoms with Gasteiger partial charge in [-0.25, -0.2) is 0 Å². The van der Waals surface area contributed by atoms with E-state index in [0.717, 1.165) is 35.1 Å². The molecule has 0 saturated heterocycles. The zero-order valence-corrected chi connectivity index (χ0v) is 28.4. The first kappa shape index (κ1) is 30.6. The average Bonchev–Trinajstić information content (AvgIpc) is 3.92. The smallest absolute Gasteiger partial charge is 0.248 e. The first-order valence-corrected chi connectivity index (χ1v) is 17.2. The summed E-state index contributed by atoms with van der Waals surface area (Å²) in [6, 6.07) is 50.7. The molecule has 0 saturated carbocycles. The fourth-order valence-corrected chi connectivity index (χ4v) is 7.47. The molecule has 2 aromatic heterocycles. The van der Waals surface area contributed by atoms with Gasteiger partial charge in [0.25, 0.3) is 0 Å². The highest BCUT2D eigenvalue weighted by molar-refractivity contribution is 5.82. The van der Waals surface area contributed by atoms with Crippen LogP contribution in [0.15, 0.2) is 154 Å². The second-order valence-corrected chi connectivity index (χ2v) is 13.5. The van der Waals surface area contributed by atoms with Crippen molar-refractivity contribution in [1.82, 2.24) is 20.4 Å². The second kappa shape index (κ2) is 12.5. The lowest BCUT2D eigenvalue weighted by molar-refractivity contribution is 0.519. The largest absolute Gasteiger partial charge is 0.416 e. The number of benzene rings is 6. The topological polar surface area (TPSA) is 77.8 Å². The van der Waals surface area contributed by atoms with Crippen molar-refractivity contribution in [3.8, 4) is 56.9 Å². The van der Waals surface area contributed by atoms with Gasteiger partial charge in [0.05, 0.1) is 0 Å². The van der Waals surface area contributed by atoms with Gasteiger partial charge in [-0.3, -0.25) is 0 Å². The highest BCUT2D eigenvalue weighted by Gasteiger charge is 2.43. The maximum absolute atomic E-state index is 6.08. The molecule has 0 unspecified atom stereocenters. The number of fused-ring (bicyclic) bond motifs is 3. The predicted molar refractivity (Wildman–Crippen MR) is 200 cm³/mol. The van der Waals surface area contributed by atoms with Gasteiger partial charge in [-0.2, -0.15) is 0 Å². The molecule has 0 bridgehead atoms. The molecule has 1 aliphatic rings. The number of nitrogens with zero attached hydrogens (tertiary/aromatic N) is 4. The summed E-state index contributed by atoms with van der Waals surface area (Å²) in [7, 11) is 0. The van der Waals surface area contributed by atoms with E-state index in [-0.39, 0.29) is 5.41 Å². The molecule has 6 heteroatoms. The van der Waals surface area contributed by atoms with E-state index >= 15 is 0 Å². The maximum Gasteiger partial charge on any atom is 0.248 e. The molecule has 0 amide bonds. The zero-order chi connectivity index (χ0) is 34.4. The normalized spacial score (nSPS) is 12.8. The van der Waals surface area contributed by atoms with Gasteiger partial charge in [0.1, 0.15) is 0 Å². The van der Waals surface area contributed by atoms with E-state index in [9.17, 15) is 0 Å². The van der Waals surface area contributed by atoms with E-state index in [1.165, 1.54) is 44.5 Å². The number of aryl methyl sites for hydroxylation is 2. The van der Waals surface area contributed by atoms with Gasteiger partial charge < -0.3 is 8.83 Å². The molecule has 0 fully saturated rings. The van der Waals surface area contributed by atoms with Crippen LogP contribution in [0.2, 0.25) is 0 Å². The molecular formula is C45H34N4O2. The van der Waals surface area contributed by atoms with Crippen molar-refractivity contribution >= 4 is 0 Å². The van der Waals surface area contributed by atoms with E-state index in [1.54, 1.807) is 0 Å². The number of aromatic nitrogens is 4. The lowest BCUT2D eigenvalue weighted by Gasteiger charge is -2.33. The molecule has 0 radical (unpaired) electrons. The van der Waals surface area contributed by atoms with Crippen LogP contribution >= 0.6 is 0 Å². The fraction of sp³-hybridized carbons (Fsp3) is 0.111. The standard InChI is InChI=1S/C45H34N4O2/c1-29-13-23-37-38-24-14-30(2)26-40(38)45(39(37)25-29,27-31-15-19-35(20-16-31)43-48-46-41(50-43)33-9-5-3-6-10-33)28-32-17-21-36(22-18-32)44-49-47-42(51-44)34-11-7-4-8-12-34/h3-26H,27-28H2,1-2H3. The Morgan fingerprint density at radius 2 is 0.765 bits per heavy atom. The van der Waals surface area contributed by atoms with Gasteiger partial charge in [-0.1, -0.05) is 108 Å². The van der Waals surface area contributed by atoms with Gasteiger partial charge in [-0.05, 0) is 109 Å². The molecule has 51 heavy (non-hydrogen) atoms. The SMILES string of the molecule is Cc1ccc2c(c1)C(Cc1ccc(-c3nnc(-c4ccccc4)o3)cc1)(Cc1ccc(-c3nnc(-c4ccccc4)o3)cc1)c1cc(C)ccc1-2. The summed E-state index contributed by atoms with van der Waals surface area (Å²) < 4.78 is 12.2. The summed E-state index contributed by atoms with van der Waals surface area (Å²) in [6.07, 6.45) is 1.65. The quantitative estimate of drug-likeness (QED) is 0.161. The minimum atomic E-state index is -0.290. The number of rotatable bonds is 8. The molecule has 0 aliphatic heterocycles. The van der Waals surface area contributed by atoms with Crippen LogP contribution in [-0.4, -0.2) is 20.4 Å². The van der Waals surface area contributed by atoms with Crippen LogP contribution in [0, 0.1) is 13.8 Å². The molecular weight excluding hydrogens is 629 g/mol. The molecule has 1 aliphatic carbocycles. The minimum absolute atomic E-state index is 0.290. The van der Waals surface area contributed by atoms with Crippen molar-refractivity contribution in [2.24, 2.45) is 0 Å². The first-order valence-electron chi connectivity index (χ1n) is 17.2. The monoisotopic (exact) mass is 662 g/mol. The summed E-state index contributed by atoms with van der Waals surface area (Å²) in [5.41, 5.74) is 13.6. The zero-order valence-electron chi connectivity index (χ0n) is 28.4. The van der Waals surface area contributed by atoms with Crippen LogP contribution < -0.4 is 0 Å². The summed E-state index contributed by atoms with van der Waals surface area (Å²) in [6.45, 7) is 4.37. The summed E-state index contributed by atoms with van der Waals surface area (Å²) >= 11 is 0. The van der Waals surface area contributed by atoms with Gasteiger partial charge in [0, 0.05) is 27.7 Å². The molecule has 0 atom stereocenters. The molecule has 9 rings (SSSR count).